The molecular weight excluding hydrogens is 270 g/mol. The van der Waals surface area contributed by atoms with Crippen molar-refractivity contribution in [1.82, 2.24) is 0 Å². The van der Waals surface area contributed by atoms with Gasteiger partial charge >= 0.3 is 0 Å². The van der Waals surface area contributed by atoms with Crippen molar-refractivity contribution in [1.29, 1.82) is 0 Å². The van der Waals surface area contributed by atoms with E-state index in [-0.39, 0.29) is 5.41 Å². The zero-order valence-corrected chi connectivity index (χ0v) is 14.1. The number of methoxy groups -OCH3 is 1. The van der Waals surface area contributed by atoms with Crippen molar-refractivity contribution in [2.45, 2.75) is 38.5 Å². The largest absolute Gasteiger partial charge is 0.497 e. The van der Waals surface area contributed by atoms with Gasteiger partial charge in [0.05, 0.1) is 7.11 Å². The molecule has 118 valence electrons. The van der Waals surface area contributed by atoms with Crippen LogP contribution in [0.15, 0.2) is 48.5 Å². The topological polar surface area (TPSA) is 35.2 Å². The fraction of sp³-hybridized carbons (Fsp3) is 0.400. The van der Waals surface area contributed by atoms with E-state index in [1.54, 1.807) is 7.11 Å². The zero-order chi connectivity index (χ0) is 16.2. The Labute approximate surface area is 134 Å². The Kier molecular flexibility index (Phi) is 5.25. The van der Waals surface area contributed by atoms with Gasteiger partial charge in [-0.05, 0) is 41.2 Å². The first-order chi connectivity index (χ1) is 10.5. The summed E-state index contributed by atoms with van der Waals surface area (Å²) in [5.74, 6) is 1.45. The van der Waals surface area contributed by atoms with Crippen LogP contribution in [-0.4, -0.2) is 13.7 Å². The van der Waals surface area contributed by atoms with Crippen LogP contribution in [0.5, 0.6) is 5.75 Å². The third kappa shape index (κ3) is 3.69. The molecule has 0 spiro atoms. The Morgan fingerprint density at radius 3 is 2.32 bits per heavy atom. The quantitative estimate of drug-likeness (QED) is 0.864. The molecule has 0 radical (unpaired) electrons. The van der Waals surface area contributed by atoms with E-state index in [0.717, 1.165) is 12.2 Å². The van der Waals surface area contributed by atoms with Crippen LogP contribution in [-0.2, 0) is 11.8 Å². The van der Waals surface area contributed by atoms with Crippen LogP contribution in [0.2, 0.25) is 0 Å². The summed E-state index contributed by atoms with van der Waals surface area (Å²) >= 11 is 0. The summed E-state index contributed by atoms with van der Waals surface area (Å²) in [5, 5.41) is 0. The summed E-state index contributed by atoms with van der Waals surface area (Å²) in [5.41, 5.74) is 9.94. The zero-order valence-electron chi connectivity index (χ0n) is 14.1. The highest BCUT2D eigenvalue weighted by Crippen LogP contribution is 2.30. The van der Waals surface area contributed by atoms with E-state index in [9.17, 15) is 0 Å². The molecule has 2 N–H and O–H groups in total. The molecule has 0 bridgehead atoms. The van der Waals surface area contributed by atoms with Gasteiger partial charge in [-0.2, -0.15) is 0 Å². The first kappa shape index (κ1) is 16.6. The molecule has 1 atom stereocenters. The van der Waals surface area contributed by atoms with E-state index >= 15 is 0 Å². The molecule has 0 aliphatic heterocycles. The average Bonchev–Trinajstić information content (AvgIpc) is 2.55. The van der Waals surface area contributed by atoms with Gasteiger partial charge in [-0.1, -0.05) is 57.2 Å². The number of hydrogen-bond acceptors (Lipinski definition) is 2. The second-order valence-electron chi connectivity index (χ2n) is 6.57. The van der Waals surface area contributed by atoms with Crippen molar-refractivity contribution in [2.24, 2.45) is 5.73 Å². The standard InChI is InChI=1S/C20H27NO/c1-15(2)17-10-8-16(9-11-17)13-20(3,14-21)18-6-5-7-19(12-18)22-4/h5-12,15H,13-14,21H2,1-4H3. The van der Waals surface area contributed by atoms with Crippen molar-refractivity contribution < 1.29 is 4.74 Å². The first-order valence-electron chi connectivity index (χ1n) is 7.92. The predicted molar refractivity (Wildman–Crippen MR) is 93.6 cm³/mol. The maximum atomic E-state index is 6.12. The minimum Gasteiger partial charge on any atom is -0.497 e. The van der Waals surface area contributed by atoms with Gasteiger partial charge in [0.25, 0.3) is 0 Å². The SMILES string of the molecule is COc1cccc(C(C)(CN)Cc2ccc(C(C)C)cc2)c1. The fourth-order valence-corrected chi connectivity index (χ4v) is 2.76. The molecule has 2 aromatic carbocycles. The molecular formula is C20H27NO. The van der Waals surface area contributed by atoms with Gasteiger partial charge in [0.15, 0.2) is 0 Å². The minimum absolute atomic E-state index is 0.0894. The highest BCUT2D eigenvalue weighted by Gasteiger charge is 2.26. The van der Waals surface area contributed by atoms with Gasteiger partial charge in [-0.15, -0.1) is 0 Å². The number of rotatable bonds is 6. The van der Waals surface area contributed by atoms with Crippen molar-refractivity contribution >= 4 is 0 Å². The molecule has 1 unspecified atom stereocenters. The number of benzene rings is 2. The molecule has 0 heterocycles. The summed E-state index contributed by atoms with van der Waals surface area (Å²) in [6.07, 6.45) is 0.926. The third-order valence-electron chi connectivity index (χ3n) is 4.46. The van der Waals surface area contributed by atoms with E-state index in [0.29, 0.717) is 12.5 Å². The lowest BCUT2D eigenvalue weighted by atomic mass is 9.77. The van der Waals surface area contributed by atoms with E-state index in [1.165, 1.54) is 16.7 Å². The van der Waals surface area contributed by atoms with E-state index in [2.05, 4.69) is 57.2 Å². The van der Waals surface area contributed by atoms with Crippen LogP contribution < -0.4 is 10.5 Å². The summed E-state index contributed by atoms with van der Waals surface area (Å²) in [7, 11) is 1.70. The van der Waals surface area contributed by atoms with Crippen molar-refractivity contribution in [3.63, 3.8) is 0 Å². The molecule has 0 saturated carbocycles. The lowest BCUT2D eigenvalue weighted by molar-refractivity contribution is 0.410. The third-order valence-corrected chi connectivity index (χ3v) is 4.46. The molecule has 0 aromatic heterocycles. The van der Waals surface area contributed by atoms with Gasteiger partial charge in [0, 0.05) is 12.0 Å². The molecule has 2 rings (SSSR count). The van der Waals surface area contributed by atoms with Crippen LogP contribution in [0.25, 0.3) is 0 Å². The molecule has 2 nitrogen and oxygen atoms in total. The maximum Gasteiger partial charge on any atom is 0.119 e. The molecule has 0 aliphatic rings. The Bertz CT molecular complexity index is 603. The second kappa shape index (κ2) is 6.97. The van der Waals surface area contributed by atoms with Crippen LogP contribution in [0, 0.1) is 0 Å². The van der Waals surface area contributed by atoms with Gasteiger partial charge in [-0.3, -0.25) is 0 Å². The van der Waals surface area contributed by atoms with Gasteiger partial charge in [-0.25, -0.2) is 0 Å². The van der Waals surface area contributed by atoms with Gasteiger partial charge in [0.1, 0.15) is 5.75 Å². The molecule has 0 fully saturated rings. The van der Waals surface area contributed by atoms with Crippen molar-refractivity contribution in [2.75, 3.05) is 13.7 Å². The highest BCUT2D eigenvalue weighted by molar-refractivity contribution is 5.36. The van der Waals surface area contributed by atoms with E-state index < -0.39 is 0 Å². The van der Waals surface area contributed by atoms with Crippen LogP contribution in [0.1, 0.15) is 43.4 Å². The lowest BCUT2D eigenvalue weighted by Gasteiger charge is -2.29. The smallest absolute Gasteiger partial charge is 0.119 e. The highest BCUT2D eigenvalue weighted by atomic mass is 16.5. The fourth-order valence-electron chi connectivity index (χ4n) is 2.76. The van der Waals surface area contributed by atoms with Crippen molar-refractivity contribution in [3.05, 3.63) is 65.2 Å². The molecule has 2 aromatic rings. The van der Waals surface area contributed by atoms with Gasteiger partial charge in [0.2, 0.25) is 0 Å². The summed E-state index contributed by atoms with van der Waals surface area (Å²) in [6, 6.07) is 17.1. The average molecular weight is 297 g/mol. The second-order valence-corrected chi connectivity index (χ2v) is 6.57. The van der Waals surface area contributed by atoms with Crippen LogP contribution in [0.4, 0.5) is 0 Å². The summed E-state index contributed by atoms with van der Waals surface area (Å²) < 4.78 is 5.35. The normalized spacial score (nSPS) is 13.9. The molecule has 2 heteroatoms. The monoisotopic (exact) mass is 297 g/mol. The summed E-state index contributed by atoms with van der Waals surface area (Å²) in [6.45, 7) is 7.26. The van der Waals surface area contributed by atoms with E-state index in [4.69, 9.17) is 10.5 Å². The van der Waals surface area contributed by atoms with E-state index in [1.807, 2.05) is 12.1 Å². The van der Waals surface area contributed by atoms with Gasteiger partial charge < -0.3 is 10.5 Å². The first-order valence-corrected chi connectivity index (χ1v) is 7.92. The molecule has 0 amide bonds. The Morgan fingerprint density at radius 1 is 1.09 bits per heavy atom. The van der Waals surface area contributed by atoms with Crippen LogP contribution >= 0.6 is 0 Å². The Morgan fingerprint density at radius 2 is 1.77 bits per heavy atom. The lowest BCUT2D eigenvalue weighted by Crippen LogP contribution is -2.34. The minimum atomic E-state index is -0.0894. The Balaban J connectivity index is 2.26. The summed E-state index contributed by atoms with van der Waals surface area (Å²) in [4.78, 5) is 0. The number of ether oxygens (including phenoxy) is 1. The molecule has 0 saturated heterocycles. The van der Waals surface area contributed by atoms with Crippen LogP contribution in [0.3, 0.4) is 0 Å². The maximum absolute atomic E-state index is 6.12. The molecule has 0 aliphatic carbocycles. The van der Waals surface area contributed by atoms with Crippen molar-refractivity contribution in [3.8, 4) is 5.75 Å². The number of nitrogens with two attached hydrogens (primary N) is 1. The predicted octanol–water partition coefficient (Wildman–Crippen LogP) is 4.28. The number of hydrogen-bond donors (Lipinski definition) is 1. The Hall–Kier alpha value is -1.80. The molecule has 22 heavy (non-hydrogen) atoms.